The number of sulfone groups is 1. The Labute approximate surface area is 189 Å². The molecule has 4 aromatic carbocycles. The Balaban J connectivity index is 1.98. The van der Waals surface area contributed by atoms with Gasteiger partial charge in [0.15, 0.2) is 0 Å². The summed E-state index contributed by atoms with van der Waals surface area (Å²) in [5.74, 6) is 0. The van der Waals surface area contributed by atoms with Crippen LogP contribution in [-0.4, -0.2) is 18.3 Å². The standard InChI is InChI=1S/C24H16N2O6S/c27-25(28)21-13-5-1-9-17(21)19-11-3-7-15-23(19)33(31,32)24-16-8-4-12-20(24)18-10-2-6-14-22(18)26(29)30/h1-16H. The lowest BCUT2D eigenvalue weighted by Gasteiger charge is -2.14. The van der Waals surface area contributed by atoms with E-state index >= 15 is 0 Å². The second-order valence-electron chi connectivity index (χ2n) is 7.04. The molecular formula is C24H16N2O6S. The summed E-state index contributed by atoms with van der Waals surface area (Å²) in [7, 11) is -4.23. The number of rotatable bonds is 6. The van der Waals surface area contributed by atoms with Gasteiger partial charge in [-0.2, -0.15) is 0 Å². The topological polar surface area (TPSA) is 120 Å². The molecule has 0 amide bonds. The number of nitro groups is 2. The first kappa shape index (κ1) is 21.8. The predicted octanol–water partition coefficient (Wildman–Crippen LogP) is 5.67. The Morgan fingerprint density at radius 2 is 0.788 bits per heavy atom. The molecule has 0 spiro atoms. The monoisotopic (exact) mass is 460 g/mol. The number of hydrogen-bond acceptors (Lipinski definition) is 6. The van der Waals surface area contributed by atoms with Crippen molar-refractivity contribution in [3.8, 4) is 22.3 Å². The summed E-state index contributed by atoms with van der Waals surface area (Å²) in [5.41, 5.74) is 0.193. The number of benzene rings is 4. The minimum atomic E-state index is -4.23. The van der Waals surface area contributed by atoms with Crippen molar-refractivity contribution in [2.24, 2.45) is 0 Å². The van der Waals surface area contributed by atoms with Crippen molar-refractivity contribution < 1.29 is 18.3 Å². The molecule has 0 heterocycles. The van der Waals surface area contributed by atoms with E-state index in [1.165, 1.54) is 72.8 Å². The molecule has 4 rings (SSSR count). The number of nitro benzene ring substituents is 2. The fraction of sp³-hybridized carbons (Fsp3) is 0. The molecule has 8 nitrogen and oxygen atoms in total. The van der Waals surface area contributed by atoms with E-state index in [2.05, 4.69) is 0 Å². The van der Waals surface area contributed by atoms with Crippen molar-refractivity contribution in [3.63, 3.8) is 0 Å². The second-order valence-corrected chi connectivity index (χ2v) is 8.93. The van der Waals surface area contributed by atoms with Gasteiger partial charge >= 0.3 is 0 Å². The molecule has 0 saturated heterocycles. The van der Waals surface area contributed by atoms with E-state index in [1.807, 2.05) is 0 Å². The third-order valence-corrected chi connectivity index (χ3v) is 7.01. The zero-order valence-electron chi connectivity index (χ0n) is 17.0. The maximum Gasteiger partial charge on any atom is 0.277 e. The molecule has 164 valence electrons. The highest BCUT2D eigenvalue weighted by Gasteiger charge is 2.29. The fourth-order valence-corrected chi connectivity index (χ4v) is 5.37. The number of para-hydroxylation sites is 2. The molecule has 0 aliphatic carbocycles. The second kappa shape index (κ2) is 8.64. The average Bonchev–Trinajstić information content (AvgIpc) is 2.84. The van der Waals surface area contributed by atoms with Gasteiger partial charge in [0.25, 0.3) is 11.4 Å². The Kier molecular flexibility index (Phi) is 5.72. The highest BCUT2D eigenvalue weighted by molar-refractivity contribution is 7.91. The molecule has 33 heavy (non-hydrogen) atoms. The number of hydrogen-bond donors (Lipinski definition) is 0. The molecule has 0 bridgehead atoms. The molecule has 0 aliphatic heterocycles. The smallest absolute Gasteiger partial charge is 0.258 e. The third-order valence-electron chi connectivity index (χ3n) is 5.13. The lowest BCUT2D eigenvalue weighted by Crippen LogP contribution is -2.07. The van der Waals surface area contributed by atoms with E-state index in [9.17, 15) is 28.6 Å². The van der Waals surface area contributed by atoms with Crippen LogP contribution in [0.1, 0.15) is 0 Å². The van der Waals surface area contributed by atoms with E-state index in [0.29, 0.717) is 0 Å². The van der Waals surface area contributed by atoms with Gasteiger partial charge in [-0.1, -0.05) is 60.7 Å². The van der Waals surface area contributed by atoms with Crippen LogP contribution < -0.4 is 0 Å². The van der Waals surface area contributed by atoms with Crippen LogP contribution in [0.15, 0.2) is 107 Å². The molecule has 4 aromatic rings. The maximum absolute atomic E-state index is 13.8. The van der Waals surface area contributed by atoms with E-state index in [4.69, 9.17) is 0 Å². The highest BCUT2D eigenvalue weighted by atomic mass is 32.2. The first-order valence-corrected chi connectivity index (χ1v) is 11.2. The summed E-state index contributed by atoms with van der Waals surface area (Å²) < 4.78 is 27.7. The summed E-state index contributed by atoms with van der Waals surface area (Å²) in [6.07, 6.45) is 0. The Bertz CT molecular complexity index is 1390. The quantitative estimate of drug-likeness (QED) is 0.270. The molecule has 0 radical (unpaired) electrons. The average molecular weight is 460 g/mol. The molecule has 0 atom stereocenters. The van der Waals surface area contributed by atoms with Crippen LogP contribution in [0.25, 0.3) is 22.3 Å². The summed E-state index contributed by atoms with van der Waals surface area (Å²) >= 11 is 0. The van der Waals surface area contributed by atoms with Gasteiger partial charge in [0, 0.05) is 23.3 Å². The van der Waals surface area contributed by atoms with E-state index in [1.54, 1.807) is 24.3 Å². The van der Waals surface area contributed by atoms with Gasteiger partial charge in [-0.15, -0.1) is 0 Å². The van der Waals surface area contributed by atoms with Gasteiger partial charge in [0.1, 0.15) is 0 Å². The lowest BCUT2D eigenvalue weighted by atomic mass is 10.0. The van der Waals surface area contributed by atoms with Crippen LogP contribution in [0.3, 0.4) is 0 Å². The normalized spacial score (nSPS) is 11.2. The van der Waals surface area contributed by atoms with Gasteiger partial charge in [0.2, 0.25) is 9.84 Å². The maximum atomic E-state index is 13.8. The van der Waals surface area contributed by atoms with Gasteiger partial charge < -0.3 is 0 Å². The first-order chi connectivity index (χ1) is 15.8. The predicted molar refractivity (Wildman–Crippen MR) is 123 cm³/mol. The molecule has 0 aliphatic rings. The molecule has 9 heteroatoms. The largest absolute Gasteiger partial charge is 0.277 e. The van der Waals surface area contributed by atoms with Crippen LogP contribution in [0.4, 0.5) is 11.4 Å². The van der Waals surface area contributed by atoms with Crippen LogP contribution in [0.5, 0.6) is 0 Å². The van der Waals surface area contributed by atoms with Crippen molar-refractivity contribution in [2.75, 3.05) is 0 Å². The van der Waals surface area contributed by atoms with E-state index in [0.717, 1.165) is 0 Å². The molecule has 0 N–H and O–H groups in total. The minimum absolute atomic E-state index is 0.134. The van der Waals surface area contributed by atoms with Crippen molar-refractivity contribution in [1.29, 1.82) is 0 Å². The van der Waals surface area contributed by atoms with Gasteiger partial charge in [-0.05, 0) is 24.3 Å². The van der Waals surface area contributed by atoms with Gasteiger partial charge in [-0.25, -0.2) is 8.42 Å². The molecule has 0 unspecified atom stereocenters. The summed E-state index contributed by atoms with van der Waals surface area (Å²) in [5, 5.41) is 23.1. The molecule has 0 aromatic heterocycles. The zero-order chi connectivity index (χ0) is 23.6. The van der Waals surface area contributed by atoms with Gasteiger partial charge in [-0.3, -0.25) is 20.2 Å². The van der Waals surface area contributed by atoms with E-state index in [-0.39, 0.29) is 43.4 Å². The van der Waals surface area contributed by atoms with Crippen molar-refractivity contribution >= 4 is 21.2 Å². The fourth-order valence-electron chi connectivity index (χ4n) is 3.69. The van der Waals surface area contributed by atoms with Crippen molar-refractivity contribution in [2.45, 2.75) is 9.79 Å². The van der Waals surface area contributed by atoms with Crippen LogP contribution in [0, 0.1) is 20.2 Å². The summed E-state index contributed by atoms with van der Waals surface area (Å²) in [4.78, 5) is 21.7. The Morgan fingerprint density at radius 1 is 0.485 bits per heavy atom. The SMILES string of the molecule is O=[N+]([O-])c1ccccc1-c1ccccc1S(=O)(=O)c1ccccc1-c1ccccc1[N+](=O)[O-]. The molecule has 0 fully saturated rings. The molecular weight excluding hydrogens is 444 g/mol. The van der Waals surface area contributed by atoms with Crippen LogP contribution in [-0.2, 0) is 9.84 Å². The van der Waals surface area contributed by atoms with Crippen molar-refractivity contribution in [1.82, 2.24) is 0 Å². The minimum Gasteiger partial charge on any atom is -0.258 e. The number of nitrogens with zero attached hydrogens (tertiary/aromatic N) is 2. The molecule has 0 saturated carbocycles. The van der Waals surface area contributed by atoms with Gasteiger partial charge in [0.05, 0.1) is 30.8 Å². The summed E-state index contributed by atoms with van der Waals surface area (Å²) in [6.45, 7) is 0. The van der Waals surface area contributed by atoms with Crippen LogP contribution in [0.2, 0.25) is 0 Å². The highest BCUT2D eigenvalue weighted by Crippen LogP contribution is 2.40. The Morgan fingerprint density at radius 3 is 1.15 bits per heavy atom. The van der Waals surface area contributed by atoms with E-state index < -0.39 is 19.7 Å². The lowest BCUT2D eigenvalue weighted by molar-refractivity contribution is -0.384. The van der Waals surface area contributed by atoms with Crippen molar-refractivity contribution in [3.05, 3.63) is 117 Å². The Hall–Kier alpha value is -4.37. The third kappa shape index (κ3) is 3.97. The summed E-state index contributed by atoms with van der Waals surface area (Å²) in [6, 6.07) is 23.8. The first-order valence-electron chi connectivity index (χ1n) is 9.73. The van der Waals surface area contributed by atoms with Crippen LogP contribution >= 0.6 is 0 Å². The zero-order valence-corrected chi connectivity index (χ0v) is 17.8.